The first-order chi connectivity index (χ1) is 55.3. The van der Waals surface area contributed by atoms with E-state index in [1.807, 2.05) is 110 Å². The van der Waals surface area contributed by atoms with Gasteiger partial charge in [0, 0.05) is 0 Å². The van der Waals surface area contributed by atoms with Gasteiger partial charge in [-0.3, -0.25) is 0 Å². The van der Waals surface area contributed by atoms with Crippen molar-refractivity contribution in [3.05, 3.63) is 36.5 Å². The lowest BCUT2D eigenvalue weighted by Crippen LogP contribution is -1.99. The van der Waals surface area contributed by atoms with E-state index in [2.05, 4.69) is 226 Å². The zero-order valence-electron chi connectivity index (χ0n) is 92.2. The second kappa shape index (κ2) is 168. The Kier molecular flexibility index (Phi) is 226. The van der Waals surface area contributed by atoms with Crippen LogP contribution in [0.2, 0.25) is 0 Å². The van der Waals surface area contributed by atoms with E-state index in [0.29, 0.717) is 5.41 Å². The van der Waals surface area contributed by atoms with E-state index < -0.39 is 0 Å². The molecule has 0 spiro atoms. The molecule has 0 heteroatoms. The Morgan fingerprint density at radius 3 is 0.783 bits per heavy atom. The van der Waals surface area contributed by atoms with Crippen molar-refractivity contribution in [3.8, 4) is 0 Å². The molecule has 1 aliphatic carbocycles. The molecule has 718 valence electrons. The Labute approximate surface area is 748 Å². The van der Waals surface area contributed by atoms with Gasteiger partial charge in [0.15, 0.2) is 0 Å². The van der Waals surface area contributed by atoms with Crippen molar-refractivity contribution in [1.82, 2.24) is 0 Å². The zero-order chi connectivity index (χ0) is 93.1. The third-order valence-corrected chi connectivity index (χ3v) is 19.4. The first-order valence-corrected chi connectivity index (χ1v) is 54.1. The quantitative estimate of drug-likeness (QED) is 0.0421. The van der Waals surface area contributed by atoms with E-state index in [0.717, 1.165) is 53.8 Å². The van der Waals surface area contributed by atoms with Crippen LogP contribution in [0.1, 0.15) is 664 Å². The van der Waals surface area contributed by atoms with Crippen molar-refractivity contribution in [1.29, 1.82) is 0 Å². The maximum atomic E-state index is 3.60. The minimum atomic E-state index is 0.500. The maximum Gasteiger partial charge on any atom is -0.0346 e. The summed E-state index contributed by atoms with van der Waals surface area (Å²) in [5, 5.41) is 0. The third-order valence-electron chi connectivity index (χ3n) is 19.4. The van der Waals surface area contributed by atoms with Crippen LogP contribution < -0.4 is 0 Å². The molecule has 0 aromatic rings. The average molecular weight is 1640 g/mol. The molecule has 0 bridgehead atoms. The van der Waals surface area contributed by atoms with Crippen LogP contribution in [0.15, 0.2) is 36.5 Å². The largest absolute Gasteiger partial charge is 0.103 e. The van der Waals surface area contributed by atoms with Gasteiger partial charge in [0.05, 0.1) is 0 Å². The maximum absolute atomic E-state index is 3.60. The van der Waals surface area contributed by atoms with E-state index in [1.165, 1.54) is 359 Å². The summed E-state index contributed by atoms with van der Waals surface area (Å²) in [7, 11) is 0. The van der Waals surface area contributed by atoms with Gasteiger partial charge in [-0.05, 0) is 99.2 Å². The van der Waals surface area contributed by atoms with Gasteiger partial charge in [0.1, 0.15) is 0 Å². The first kappa shape index (κ1) is 155. The lowest BCUT2D eigenvalue weighted by Gasteiger charge is -2.15. The average Bonchev–Trinajstić information content (AvgIpc) is 1.05. The normalized spacial score (nSPS) is 11.6. The Bertz CT molecular complexity index is 1320. The summed E-state index contributed by atoms with van der Waals surface area (Å²) in [5.41, 5.74) is 1.95. The van der Waals surface area contributed by atoms with Gasteiger partial charge in [-0.2, -0.15) is 0 Å². The number of rotatable bonds is 52. The van der Waals surface area contributed by atoms with Gasteiger partial charge < -0.3 is 0 Å². The molecule has 1 fully saturated rings. The molecule has 0 N–H and O–H groups in total. The Hall–Kier alpha value is -0.780. The monoisotopic (exact) mass is 1640 g/mol. The highest BCUT2D eigenvalue weighted by atomic mass is 14.2. The summed E-state index contributed by atoms with van der Waals surface area (Å²) >= 11 is 0. The smallest absolute Gasteiger partial charge is 0.0346 e. The van der Waals surface area contributed by atoms with E-state index in [9.17, 15) is 0 Å². The summed E-state index contributed by atoms with van der Waals surface area (Å²) in [5.74, 6) is 7.75. The molecule has 0 aliphatic heterocycles. The molecule has 1 rings (SSSR count). The summed E-state index contributed by atoms with van der Waals surface area (Å²) in [6, 6.07) is 0. The topological polar surface area (TPSA) is 0 Å². The fraction of sp³-hybridized carbons (Fsp3) is 0.948. The van der Waals surface area contributed by atoms with Crippen molar-refractivity contribution in [2.24, 2.45) is 52.8 Å². The summed E-state index contributed by atoms with van der Waals surface area (Å²) < 4.78 is 0. The predicted molar refractivity (Wildman–Crippen MR) is 566 cm³/mol. The van der Waals surface area contributed by atoms with Gasteiger partial charge in [0.2, 0.25) is 0 Å². The van der Waals surface area contributed by atoms with E-state index in [-0.39, 0.29) is 0 Å². The van der Waals surface area contributed by atoms with Crippen LogP contribution in [0.4, 0.5) is 0 Å². The SMILES string of the molecule is C/C=C/CC.C=CCCCC.CC.CC.CC.CC.CC.CC.CC.CC(C)(C)C.CC1CCCCC1.CCC.CCCC(C)C.CCCC(C)CCC=C(C)C.CCCC(C)CCCC(C)C.CCCCC(CC)CC.CCCCCCCCC(CC)CCCCCC.CCCCCCCCCCC(CC)CCCCCCCC. The van der Waals surface area contributed by atoms with Crippen LogP contribution >= 0.6 is 0 Å². The van der Waals surface area contributed by atoms with Crippen LogP contribution in [-0.4, -0.2) is 0 Å². The molecule has 0 amide bonds. The van der Waals surface area contributed by atoms with Gasteiger partial charge in [-0.25, -0.2) is 0 Å². The van der Waals surface area contributed by atoms with Gasteiger partial charge in [0.25, 0.3) is 0 Å². The Balaban J connectivity index is -0.0000000623. The first-order valence-electron chi connectivity index (χ1n) is 54.1. The Morgan fingerprint density at radius 2 is 0.583 bits per heavy atom. The van der Waals surface area contributed by atoms with Crippen LogP contribution in [0.3, 0.4) is 0 Å². The van der Waals surface area contributed by atoms with Crippen molar-refractivity contribution in [2.75, 3.05) is 0 Å². The highest BCUT2D eigenvalue weighted by Crippen LogP contribution is 2.25. The van der Waals surface area contributed by atoms with Crippen molar-refractivity contribution in [2.45, 2.75) is 664 Å². The molecule has 0 aromatic carbocycles. The molecular weight excluding hydrogens is 1380 g/mol. The molecule has 0 aromatic heterocycles. The second-order valence-corrected chi connectivity index (χ2v) is 34.6. The molecule has 0 radical (unpaired) electrons. The summed E-state index contributed by atoms with van der Waals surface area (Å²) in [6.07, 6.45) is 87.8. The number of unbranched alkanes of at least 4 members (excludes halogenated alkanes) is 23. The molecule has 1 aliphatic rings. The fourth-order valence-corrected chi connectivity index (χ4v) is 12.4. The van der Waals surface area contributed by atoms with E-state index in [4.69, 9.17) is 0 Å². The predicted octanol–water partition coefficient (Wildman–Crippen LogP) is 47.1. The van der Waals surface area contributed by atoms with E-state index in [1.54, 1.807) is 0 Å². The minimum absolute atomic E-state index is 0.500. The van der Waals surface area contributed by atoms with Crippen molar-refractivity contribution < 1.29 is 0 Å². The standard InChI is InChI=1S/C21H44.C17H36.C11H24.C11H22.C9H20.C7H14.C6H14.C6H12.C5H12.C5H10.C3H8.7C2H6/c1-4-7-9-11-13-14-16-18-20-21(6-3)19-17-15-12-10-8-5-2;1-4-7-9-11-12-14-16-17(6-3)15-13-10-8-5-2;2*1-5-7-11(4)9-6-8-10(2)3;1-4-7-8-9(5-2)6-3;1-7-5-3-2-4-6-7;1-4-5-6(2)3;1-3-5-6-4-2;1-5(2,3)4;1-3-5-4-2;1-3-2;7*1-2/h21H,4-20H2,1-3H3;17H,4-16H2,1-3H3;10-11H,5-9H2,1-4H3;8,11H,5-7,9H2,1-4H3;9H,4-8H2,1-3H3;7H,2-6H2,1H3;6H,4-5H2,1-3H3;3H,1,4-6H2,2H3;1-4H3;3,5H,4H2,1-2H3;3H2,1-2H3;7*1-2H3/b;;;;;;;;;5-3+;;;;;;;;. The molecule has 4 atom stereocenters. The molecule has 0 saturated heterocycles. The van der Waals surface area contributed by atoms with Crippen molar-refractivity contribution >= 4 is 0 Å². The molecule has 0 heterocycles. The molecule has 115 heavy (non-hydrogen) atoms. The third kappa shape index (κ3) is 235. The number of hydrogen-bond donors (Lipinski definition) is 0. The van der Waals surface area contributed by atoms with E-state index >= 15 is 0 Å². The zero-order valence-corrected chi connectivity index (χ0v) is 92.2. The summed E-state index contributed by atoms with van der Waals surface area (Å²) in [4.78, 5) is 0. The second-order valence-electron chi connectivity index (χ2n) is 34.6. The van der Waals surface area contributed by atoms with Gasteiger partial charge >= 0.3 is 0 Å². The van der Waals surface area contributed by atoms with Crippen LogP contribution in [0.5, 0.6) is 0 Å². The lowest BCUT2D eigenvalue weighted by molar-refractivity contribution is 0.385. The van der Waals surface area contributed by atoms with Crippen LogP contribution in [0, 0.1) is 52.8 Å². The highest BCUT2D eigenvalue weighted by Gasteiger charge is 2.09. The number of allylic oxidation sites excluding steroid dienone is 5. The lowest BCUT2D eigenvalue weighted by atomic mass is 9.91. The van der Waals surface area contributed by atoms with Crippen molar-refractivity contribution in [3.63, 3.8) is 0 Å². The Morgan fingerprint density at radius 1 is 0.313 bits per heavy atom. The molecule has 4 unspecified atom stereocenters. The summed E-state index contributed by atoms with van der Waals surface area (Å²) in [6.45, 7) is 99.1. The van der Waals surface area contributed by atoms with Crippen LogP contribution in [-0.2, 0) is 0 Å². The molecule has 1 saturated carbocycles. The molecule has 0 nitrogen and oxygen atoms in total. The fourth-order valence-electron chi connectivity index (χ4n) is 12.4. The highest BCUT2D eigenvalue weighted by molar-refractivity contribution is 4.92. The van der Waals surface area contributed by atoms with Gasteiger partial charge in [-0.15, -0.1) is 6.58 Å². The minimum Gasteiger partial charge on any atom is -0.103 e. The van der Waals surface area contributed by atoms with Gasteiger partial charge in [-0.1, -0.05) is 648 Å². The number of hydrogen-bond acceptors (Lipinski definition) is 0. The molecular formula is C115H258. The van der Waals surface area contributed by atoms with Crippen LogP contribution in [0.25, 0.3) is 0 Å².